The predicted molar refractivity (Wildman–Crippen MR) is 77.0 cm³/mol. The molecule has 0 saturated carbocycles. The van der Waals surface area contributed by atoms with Crippen LogP contribution in [0.2, 0.25) is 0 Å². The van der Waals surface area contributed by atoms with Crippen molar-refractivity contribution in [2.45, 2.75) is 6.92 Å². The van der Waals surface area contributed by atoms with Crippen molar-refractivity contribution in [3.05, 3.63) is 59.4 Å². The van der Waals surface area contributed by atoms with E-state index in [9.17, 15) is 14.4 Å². The number of methoxy groups -OCH3 is 1. The van der Waals surface area contributed by atoms with Gasteiger partial charge in [-0.3, -0.25) is 4.79 Å². The maximum absolute atomic E-state index is 12.1. The van der Waals surface area contributed by atoms with E-state index in [0.717, 1.165) is 0 Å². The van der Waals surface area contributed by atoms with Gasteiger partial charge in [-0.1, -0.05) is 18.2 Å². The largest absolute Gasteiger partial charge is 0.464 e. The predicted octanol–water partition coefficient (Wildman–Crippen LogP) is 2.29. The Balaban J connectivity index is 2.27. The summed E-state index contributed by atoms with van der Waals surface area (Å²) in [5.41, 5.74) is 0.234. The van der Waals surface area contributed by atoms with Crippen LogP contribution in [-0.2, 0) is 4.74 Å². The second-order valence-corrected chi connectivity index (χ2v) is 4.34. The second-order valence-electron chi connectivity index (χ2n) is 4.34. The number of carbonyl (C=O) groups is 3. The van der Waals surface area contributed by atoms with E-state index >= 15 is 0 Å². The van der Waals surface area contributed by atoms with Crippen molar-refractivity contribution in [2.24, 2.45) is 0 Å². The Bertz CT molecular complexity index is 739. The van der Waals surface area contributed by atoms with Crippen molar-refractivity contribution in [1.29, 1.82) is 0 Å². The molecule has 2 aromatic rings. The minimum absolute atomic E-state index is 0.00296. The highest BCUT2D eigenvalue weighted by molar-refractivity contribution is 5.98. The molecule has 0 atom stereocenters. The van der Waals surface area contributed by atoms with Gasteiger partial charge in [-0.25, -0.2) is 14.6 Å². The van der Waals surface area contributed by atoms with Crippen LogP contribution < -0.4 is 4.74 Å². The standard InChI is InChI=1S/C16H13NO5/c1-10(18)11-6-3-4-9-14(11)22-16(20)13-8-5-7-12(17-13)15(19)21-2/h3-9H,1-2H3. The molecule has 2 rings (SSSR count). The SMILES string of the molecule is COC(=O)c1cccc(C(=O)Oc2ccccc2C(C)=O)n1. The van der Waals surface area contributed by atoms with E-state index in [1.807, 2.05) is 0 Å². The Labute approximate surface area is 126 Å². The highest BCUT2D eigenvalue weighted by Crippen LogP contribution is 2.19. The molecule has 0 aliphatic rings. The summed E-state index contributed by atoms with van der Waals surface area (Å²) in [6.45, 7) is 1.38. The Hall–Kier alpha value is -3.02. The van der Waals surface area contributed by atoms with Crippen LogP contribution in [0.1, 0.15) is 38.3 Å². The minimum atomic E-state index is -0.764. The number of esters is 2. The van der Waals surface area contributed by atoms with Crippen LogP contribution >= 0.6 is 0 Å². The fraction of sp³-hybridized carbons (Fsp3) is 0.125. The molecule has 0 aliphatic carbocycles. The zero-order chi connectivity index (χ0) is 16.1. The van der Waals surface area contributed by atoms with Gasteiger partial charge >= 0.3 is 11.9 Å². The van der Waals surface area contributed by atoms with Gasteiger partial charge in [-0.05, 0) is 31.2 Å². The lowest BCUT2D eigenvalue weighted by Gasteiger charge is -2.08. The summed E-state index contributed by atoms with van der Waals surface area (Å²) in [6.07, 6.45) is 0. The van der Waals surface area contributed by atoms with Gasteiger partial charge in [0.2, 0.25) is 0 Å². The number of nitrogens with zero attached hydrogens (tertiary/aromatic N) is 1. The first-order valence-corrected chi connectivity index (χ1v) is 6.40. The van der Waals surface area contributed by atoms with E-state index in [1.54, 1.807) is 18.2 Å². The van der Waals surface area contributed by atoms with E-state index < -0.39 is 11.9 Å². The molecule has 0 N–H and O–H groups in total. The summed E-state index contributed by atoms with van der Waals surface area (Å²) in [5.74, 6) is -1.50. The van der Waals surface area contributed by atoms with Gasteiger partial charge in [0.1, 0.15) is 17.1 Å². The van der Waals surface area contributed by atoms with Crippen LogP contribution in [-0.4, -0.2) is 29.8 Å². The fourth-order valence-corrected chi connectivity index (χ4v) is 1.77. The van der Waals surface area contributed by atoms with Crippen LogP contribution in [0.3, 0.4) is 0 Å². The molecule has 1 aromatic carbocycles. The van der Waals surface area contributed by atoms with Gasteiger partial charge < -0.3 is 9.47 Å². The van der Waals surface area contributed by atoms with Crippen molar-refractivity contribution in [3.8, 4) is 5.75 Å². The van der Waals surface area contributed by atoms with Gasteiger partial charge in [0.05, 0.1) is 12.7 Å². The van der Waals surface area contributed by atoms with Crippen molar-refractivity contribution in [3.63, 3.8) is 0 Å². The molecule has 0 spiro atoms. The van der Waals surface area contributed by atoms with Crippen LogP contribution in [0, 0.1) is 0 Å². The average Bonchev–Trinajstić information content (AvgIpc) is 2.54. The Morgan fingerprint density at radius 1 is 0.909 bits per heavy atom. The quantitative estimate of drug-likeness (QED) is 0.489. The van der Waals surface area contributed by atoms with Crippen LogP contribution in [0.4, 0.5) is 0 Å². The zero-order valence-corrected chi connectivity index (χ0v) is 12.0. The minimum Gasteiger partial charge on any atom is -0.464 e. The molecule has 0 amide bonds. The topological polar surface area (TPSA) is 82.6 Å². The first-order valence-electron chi connectivity index (χ1n) is 6.40. The molecule has 0 radical (unpaired) electrons. The summed E-state index contributed by atoms with van der Waals surface area (Å²) in [7, 11) is 1.22. The summed E-state index contributed by atoms with van der Waals surface area (Å²) < 4.78 is 9.73. The third kappa shape index (κ3) is 3.35. The molecule has 6 nitrogen and oxygen atoms in total. The van der Waals surface area contributed by atoms with E-state index in [-0.39, 0.29) is 22.9 Å². The van der Waals surface area contributed by atoms with E-state index in [4.69, 9.17) is 4.74 Å². The number of para-hydroxylation sites is 1. The van der Waals surface area contributed by atoms with Gasteiger partial charge in [0.15, 0.2) is 5.78 Å². The number of benzene rings is 1. The van der Waals surface area contributed by atoms with Crippen LogP contribution in [0.5, 0.6) is 5.75 Å². The number of hydrogen-bond acceptors (Lipinski definition) is 6. The third-order valence-corrected chi connectivity index (χ3v) is 2.82. The third-order valence-electron chi connectivity index (χ3n) is 2.82. The number of carbonyl (C=O) groups excluding carboxylic acids is 3. The highest BCUT2D eigenvalue weighted by Gasteiger charge is 2.16. The van der Waals surface area contributed by atoms with Gasteiger partial charge in [0.25, 0.3) is 0 Å². The monoisotopic (exact) mass is 299 g/mol. The average molecular weight is 299 g/mol. The lowest BCUT2D eigenvalue weighted by molar-refractivity contribution is 0.0593. The summed E-state index contributed by atoms with van der Waals surface area (Å²) in [5, 5.41) is 0. The number of pyridine rings is 1. The number of ether oxygens (including phenoxy) is 2. The van der Waals surface area contributed by atoms with E-state index in [2.05, 4.69) is 9.72 Å². The van der Waals surface area contributed by atoms with Crippen LogP contribution in [0.15, 0.2) is 42.5 Å². The van der Waals surface area contributed by atoms with Gasteiger partial charge in [-0.15, -0.1) is 0 Å². The zero-order valence-electron chi connectivity index (χ0n) is 12.0. The molecule has 112 valence electrons. The number of hydrogen-bond donors (Lipinski definition) is 0. The summed E-state index contributed by atoms with van der Waals surface area (Å²) in [6, 6.07) is 10.7. The Kier molecular flexibility index (Phi) is 4.63. The highest BCUT2D eigenvalue weighted by atomic mass is 16.5. The number of ketones is 1. The van der Waals surface area contributed by atoms with E-state index in [1.165, 1.54) is 38.3 Å². The molecule has 22 heavy (non-hydrogen) atoms. The molecule has 1 aromatic heterocycles. The summed E-state index contributed by atoms with van der Waals surface area (Å²) >= 11 is 0. The fourth-order valence-electron chi connectivity index (χ4n) is 1.77. The van der Waals surface area contributed by atoms with Crippen molar-refractivity contribution >= 4 is 17.7 Å². The molecular weight excluding hydrogens is 286 g/mol. The van der Waals surface area contributed by atoms with Crippen molar-refractivity contribution < 1.29 is 23.9 Å². The Morgan fingerprint density at radius 3 is 2.18 bits per heavy atom. The number of rotatable bonds is 4. The molecule has 0 unspecified atom stereocenters. The molecule has 1 heterocycles. The molecule has 0 saturated heterocycles. The molecule has 0 aliphatic heterocycles. The maximum Gasteiger partial charge on any atom is 0.362 e. The van der Waals surface area contributed by atoms with Crippen LogP contribution in [0.25, 0.3) is 0 Å². The van der Waals surface area contributed by atoms with Gasteiger partial charge in [0, 0.05) is 0 Å². The van der Waals surface area contributed by atoms with Crippen molar-refractivity contribution in [2.75, 3.05) is 7.11 Å². The lowest BCUT2D eigenvalue weighted by atomic mass is 10.1. The van der Waals surface area contributed by atoms with Gasteiger partial charge in [-0.2, -0.15) is 0 Å². The smallest absolute Gasteiger partial charge is 0.362 e. The maximum atomic E-state index is 12.1. The lowest BCUT2D eigenvalue weighted by Crippen LogP contribution is -2.15. The summed E-state index contributed by atoms with van der Waals surface area (Å²) in [4.78, 5) is 38.9. The first-order chi connectivity index (χ1) is 10.5. The molecule has 0 bridgehead atoms. The molecular formula is C16H13NO5. The van der Waals surface area contributed by atoms with E-state index in [0.29, 0.717) is 5.56 Å². The molecule has 0 fully saturated rings. The normalized spacial score (nSPS) is 9.91. The Morgan fingerprint density at radius 2 is 1.55 bits per heavy atom. The number of Topliss-reactive ketones (excluding diaryl/α,β-unsaturated/α-hetero) is 1. The first kappa shape index (κ1) is 15.4. The number of aromatic nitrogens is 1. The second kappa shape index (κ2) is 6.62. The molecule has 6 heteroatoms. The van der Waals surface area contributed by atoms with Crippen molar-refractivity contribution in [1.82, 2.24) is 4.98 Å².